The van der Waals surface area contributed by atoms with Crippen LogP contribution in [-0.2, 0) is 0 Å². The molecule has 1 unspecified atom stereocenters. The van der Waals surface area contributed by atoms with Gasteiger partial charge in [-0.15, -0.1) is 0 Å². The molecule has 1 N–H and O–H groups in total. The minimum absolute atomic E-state index is 0.646. The third-order valence-electron chi connectivity index (χ3n) is 1.95. The monoisotopic (exact) mass is 153 g/mol. The first-order valence-electron chi connectivity index (χ1n) is 4.04. The van der Waals surface area contributed by atoms with Crippen LogP contribution in [0.2, 0.25) is 0 Å². The number of unbranched alkanes of at least 4 members (excludes halogenated alkanes) is 1. The van der Waals surface area contributed by atoms with Crippen molar-refractivity contribution in [2.75, 3.05) is 0 Å². The van der Waals surface area contributed by atoms with E-state index in [0.717, 1.165) is 19.3 Å². The van der Waals surface area contributed by atoms with Crippen LogP contribution in [0.4, 0.5) is 0 Å². The molecule has 0 aromatic carbocycles. The van der Waals surface area contributed by atoms with Gasteiger partial charge in [0.05, 0.1) is 6.07 Å². The summed E-state index contributed by atoms with van der Waals surface area (Å²) < 4.78 is 0. The summed E-state index contributed by atoms with van der Waals surface area (Å²) in [7, 11) is 0. The van der Waals surface area contributed by atoms with Gasteiger partial charge in [0.1, 0.15) is 0 Å². The van der Waals surface area contributed by atoms with Crippen LogP contribution in [-0.4, -0.2) is 5.54 Å². The van der Waals surface area contributed by atoms with E-state index in [4.69, 9.17) is 10.8 Å². The van der Waals surface area contributed by atoms with Gasteiger partial charge in [-0.3, -0.25) is 0 Å². The van der Waals surface area contributed by atoms with Crippen molar-refractivity contribution in [3.8, 4) is 6.07 Å². The second kappa shape index (κ2) is 4.84. The summed E-state index contributed by atoms with van der Waals surface area (Å²) in [4.78, 5) is 0. The molecular formula is C8H15N3. The second-order valence-electron chi connectivity index (χ2n) is 2.71. The highest BCUT2D eigenvalue weighted by atomic mass is 15.0. The summed E-state index contributed by atoms with van der Waals surface area (Å²) in [5, 5.41) is 12.1. The van der Waals surface area contributed by atoms with Gasteiger partial charge in [-0.2, -0.15) is 10.4 Å². The fourth-order valence-electron chi connectivity index (χ4n) is 0.941. The van der Waals surface area contributed by atoms with E-state index in [2.05, 4.69) is 18.1 Å². The minimum atomic E-state index is -0.726. The van der Waals surface area contributed by atoms with Gasteiger partial charge in [0.15, 0.2) is 5.54 Å². The van der Waals surface area contributed by atoms with E-state index < -0.39 is 5.54 Å². The van der Waals surface area contributed by atoms with Crippen LogP contribution < -0.4 is 0 Å². The molecule has 0 spiro atoms. The van der Waals surface area contributed by atoms with E-state index in [1.165, 1.54) is 0 Å². The standard InChI is InChI=1S/C8H15N3/c1-3-5-6-8(4-2,7-9)11-10/h10H,3-6H2,1-2H3. The number of nitrogens with zero attached hydrogens (tertiary/aromatic N) is 2. The van der Waals surface area contributed by atoms with Crippen LogP contribution in [0.1, 0.15) is 39.5 Å². The molecular weight excluding hydrogens is 138 g/mol. The Balaban J connectivity index is 4.08. The Labute approximate surface area is 67.9 Å². The summed E-state index contributed by atoms with van der Waals surface area (Å²) in [6.07, 6.45) is 3.40. The molecule has 0 heterocycles. The molecule has 0 saturated carbocycles. The average molecular weight is 153 g/mol. The van der Waals surface area contributed by atoms with Crippen molar-refractivity contribution in [1.29, 1.82) is 10.8 Å². The van der Waals surface area contributed by atoms with Crippen LogP contribution in [0, 0.1) is 16.9 Å². The van der Waals surface area contributed by atoms with Crippen molar-refractivity contribution >= 4 is 0 Å². The molecule has 3 nitrogen and oxygen atoms in total. The molecule has 0 amide bonds. The fraction of sp³-hybridized carbons (Fsp3) is 0.875. The van der Waals surface area contributed by atoms with Gasteiger partial charge in [0, 0.05) is 0 Å². The van der Waals surface area contributed by atoms with Crippen LogP contribution in [0.5, 0.6) is 0 Å². The molecule has 0 bridgehead atoms. The van der Waals surface area contributed by atoms with Gasteiger partial charge >= 0.3 is 0 Å². The van der Waals surface area contributed by atoms with E-state index in [1.807, 2.05) is 6.92 Å². The lowest BCUT2D eigenvalue weighted by atomic mass is 9.93. The average Bonchev–Trinajstić information content (AvgIpc) is 2.08. The lowest BCUT2D eigenvalue weighted by Gasteiger charge is -2.16. The molecule has 0 radical (unpaired) electrons. The highest BCUT2D eigenvalue weighted by molar-refractivity contribution is 5.04. The van der Waals surface area contributed by atoms with Gasteiger partial charge in [-0.1, -0.05) is 26.7 Å². The zero-order chi connectivity index (χ0) is 8.74. The topological polar surface area (TPSA) is 60.0 Å². The summed E-state index contributed by atoms with van der Waals surface area (Å²) in [5.74, 6) is 0. The predicted octanol–water partition coefficient (Wildman–Crippen LogP) is 2.88. The molecule has 0 aromatic rings. The van der Waals surface area contributed by atoms with Crippen molar-refractivity contribution in [2.45, 2.75) is 45.1 Å². The number of nitriles is 1. The SMILES string of the molecule is CCCCC(C#N)(CC)N=N. The van der Waals surface area contributed by atoms with Crippen molar-refractivity contribution in [3.05, 3.63) is 0 Å². The van der Waals surface area contributed by atoms with Gasteiger partial charge in [0.25, 0.3) is 0 Å². The van der Waals surface area contributed by atoms with Crippen LogP contribution >= 0.6 is 0 Å². The Hall–Kier alpha value is -0.910. The maximum atomic E-state index is 8.74. The van der Waals surface area contributed by atoms with Crippen molar-refractivity contribution in [1.82, 2.24) is 0 Å². The minimum Gasteiger partial charge on any atom is -0.208 e. The van der Waals surface area contributed by atoms with Crippen molar-refractivity contribution in [3.63, 3.8) is 0 Å². The zero-order valence-corrected chi connectivity index (χ0v) is 7.22. The summed E-state index contributed by atoms with van der Waals surface area (Å²) >= 11 is 0. The van der Waals surface area contributed by atoms with E-state index in [-0.39, 0.29) is 0 Å². The second-order valence-corrected chi connectivity index (χ2v) is 2.71. The number of rotatable bonds is 5. The molecule has 0 aliphatic carbocycles. The smallest absolute Gasteiger partial charge is 0.166 e. The van der Waals surface area contributed by atoms with Crippen LogP contribution in [0.15, 0.2) is 5.11 Å². The largest absolute Gasteiger partial charge is 0.208 e. The molecule has 3 heteroatoms. The Morgan fingerprint density at radius 3 is 2.45 bits per heavy atom. The Kier molecular flexibility index (Phi) is 4.44. The van der Waals surface area contributed by atoms with Gasteiger partial charge in [0.2, 0.25) is 0 Å². The van der Waals surface area contributed by atoms with Crippen molar-refractivity contribution < 1.29 is 0 Å². The van der Waals surface area contributed by atoms with Gasteiger partial charge < -0.3 is 0 Å². The van der Waals surface area contributed by atoms with Crippen LogP contribution in [0.25, 0.3) is 0 Å². The summed E-state index contributed by atoms with van der Waals surface area (Å²) in [5.41, 5.74) is 6.16. The Bertz CT molecular complexity index is 159. The van der Waals surface area contributed by atoms with E-state index in [0.29, 0.717) is 6.42 Å². The Morgan fingerprint density at radius 1 is 1.55 bits per heavy atom. The molecule has 62 valence electrons. The van der Waals surface area contributed by atoms with E-state index in [1.54, 1.807) is 0 Å². The van der Waals surface area contributed by atoms with Crippen molar-refractivity contribution in [2.24, 2.45) is 5.11 Å². The molecule has 0 fully saturated rings. The maximum Gasteiger partial charge on any atom is 0.166 e. The third-order valence-corrected chi connectivity index (χ3v) is 1.95. The van der Waals surface area contributed by atoms with E-state index in [9.17, 15) is 0 Å². The molecule has 0 aliphatic rings. The highest BCUT2D eigenvalue weighted by Crippen LogP contribution is 2.21. The first kappa shape index (κ1) is 10.1. The molecule has 0 rings (SSSR count). The summed E-state index contributed by atoms with van der Waals surface area (Å²) in [6.45, 7) is 3.97. The predicted molar refractivity (Wildman–Crippen MR) is 43.3 cm³/mol. The fourth-order valence-corrected chi connectivity index (χ4v) is 0.941. The summed E-state index contributed by atoms with van der Waals surface area (Å²) in [6, 6.07) is 2.10. The normalized spacial score (nSPS) is 15.0. The number of nitrogens with one attached hydrogen (secondary N) is 1. The third kappa shape index (κ3) is 2.67. The molecule has 0 aromatic heterocycles. The quantitative estimate of drug-likeness (QED) is 0.606. The Morgan fingerprint density at radius 2 is 2.18 bits per heavy atom. The zero-order valence-electron chi connectivity index (χ0n) is 7.22. The lowest BCUT2D eigenvalue weighted by Crippen LogP contribution is -2.21. The first-order valence-corrected chi connectivity index (χ1v) is 4.04. The van der Waals surface area contributed by atoms with Gasteiger partial charge in [-0.25, -0.2) is 5.53 Å². The first-order chi connectivity index (χ1) is 5.24. The molecule has 0 saturated heterocycles. The molecule has 11 heavy (non-hydrogen) atoms. The highest BCUT2D eigenvalue weighted by Gasteiger charge is 2.25. The maximum absolute atomic E-state index is 8.74. The molecule has 1 atom stereocenters. The van der Waals surface area contributed by atoms with Crippen LogP contribution in [0.3, 0.4) is 0 Å². The van der Waals surface area contributed by atoms with Gasteiger partial charge in [-0.05, 0) is 12.8 Å². The number of hydrogen-bond donors (Lipinski definition) is 1. The lowest BCUT2D eigenvalue weighted by molar-refractivity contribution is 0.437. The number of hydrogen-bond acceptors (Lipinski definition) is 3. The molecule has 0 aliphatic heterocycles. The van der Waals surface area contributed by atoms with E-state index >= 15 is 0 Å².